The van der Waals surface area contributed by atoms with E-state index in [4.69, 9.17) is 0 Å². The number of nitriles is 1. The highest BCUT2D eigenvalue weighted by Gasteiger charge is 2.41. The van der Waals surface area contributed by atoms with E-state index in [1.807, 2.05) is 31.0 Å². The first-order chi connectivity index (χ1) is 14.0. The standard InChI is InChI=1S/C22H28N6O/c1-16-11-17(2)26-21(19(16)12-23)27-9-6-22(7-10-27)5-3-20(29)28(14-22)8-4-18-13-24-15-25-18/h11,13,15H,3-10,14H2,1-2H3,(H,24,25). The van der Waals surface area contributed by atoms with Crippen molar-refractivity contribution in [2.45, 2.75) is 46.0 Å². The number of aromatic nitrogens is 3. The highest BCUT2D eigenvalue weighted by atomic mass is 16.2. The summed E-state index contributed by atoms with van der Waals surface area (Å²) in [5.41, 5.74) is 3.88. The fraction of sp³-hybridized carbons (Fsp3) is 0.545. The molecule has 0 bridgehead atoms. The van der Waals surface area contributed by atoms with Crippen molar-refractivity contribution in [2.24, 2.45) is 5.41 Å². The number of carbonyl (C=O) groups is 1. The number of amides is 1. The van der Waals surface area contributed by atoms with Crippen molar-refractivity contribution in [3.63, 3.8) is 0 Å². The number of anilines is 1. The molecule has 1 N–H and O–H groups in total. The van der Waals surface area contributed by atoms with E-state index in [2.05, 4.69) is 25.9 Å². The molecule has 0 radical (unpaired) electrons. The van der Waals surface area contributed by atoms with Gasteiger partial charge in [0.1, 0.15) is 11.9 Å². The van der Waals surface area contributed by atoms with Gasteiger partial charge in [-0.3, -0.25) is 4.79 Å². The molecular formula is C22H28N6O. The number of H-pyrrole nitrogens is 1. The summed E-state index contributed by atoms with van der Waals surface area (Å²) in [6.07, 6.45) is 7.97. The van der Waals surface area contributed by atoms with Crippen molar-refractivity contribution in [1.29, 1.82) is 5.26 Å². The molecule has 2 aliphatic heterocycles. The van der Waals surface area contributed by atoms with Gasteiger partial charge in [-0.15, -0.1) is 0 Å². The quantitative estimate of drug-likeness (QED) is 0.864. The van der Waals surface area contributed by atoms with Gasteiger partial charge in [-0.2, -0.15) is 5.26 Å². The third kappa shape index (κ3) is 3.98. The number of nitrogens with zero attached hydrogens (tertiary/aromatic N) is 5. The van der Waals surface area contributed by atoms with Crippen molar-refractivity contribution in [3.05, 3.63) is 41.1 Å². The average Bonchev–Trinajstić information content (AvgIpc) is 3.23. The summed E-state index contributed by atoms with van der Waals surface area (Å²) in [6.45, 7) is 7.29. The summed E-state index contributed by atoms with van der Waals surface area (Å²) in [4.78, 5) is 28.6. The Kier molecular flexibility index (Phi) is 5.27. The number of carbonyl (C=O) groups excluding carboxylic acids is 1. The van der Waals surface area contributed by atoms with Gasteiger partial charge in [-0.1, -0.05) is 0 Å². The SMILES string of the molecule is Cc1cc(C)c(C#N)c(N2CCC3(CCC(=O)N(CCc4cnc[nH]4)C3)CC2)n1. The zero-order valence-electron chi connectivity index (χ0n) is 17.2. The molecule has 7 nitrogen and oxygen atoms in total. The Morgan fingerprint density at radius 1 is 1.28 bits per heavy atom. The molecular weight excluding hydrogens is 364 g/mol. The molecule has 0 unspecified atom stereocenters. The fourth-order valence-corrected chi connectivity index (χ4v) is 4.77. The molecule has 7 heteroatoms. The van der Waals surface area contributed by atoms with Crippen LogP contribution in [-0.4, -0.2) is 51.9 Å². The van der Waals surface area contributed by atoms with Crippen LogP contribution in [0.3, 0.4) is 0 Å². The van der Waals surface area contributed by atoms with E-state index in [1.165, 1.54) is 0 Å². The number of aromatic amines is 1. The number of aryl methyl sites for hydroxylation is 2. The number of hydrogen-bond donors (Lipinski definition) is 1. The van der Waals surface area contributed by atoms with E-state index in [-0.39, 0.29) is 11.3 Å². The van der Waals surface area contributed by atoms with Gasteiger partial charge in [0.2, 0.25) is 5.91 Å². The minimum absolute atomic E-state index is 0.185. The van der Waals surface area contributed by atoms with E-state index in [0.717, 1.165) is 74.6 Å². The third-order valence-corrected chi connectivity index (χ3v) is 6.52. The van der Waals surface area contributed by atoms with Gasteiger partial charge in [0.25, 0.3) is 0 Å². The molecule has 0 atom stereocenters. The summed E-state index contributed by atoms with van der Waals surface area (Å²) in [5, 5.41) is 9.60. The topological polar surface area (TPSA) is 88.9 Å². The molecule has 0 aliphatic carbocycles. The van der Waals surface area contributed by atoms with Crippen molar-refractivity contribution < 1.29 is 4.79 Å². The van der Waals surface area contributed by atoms with Crippen LogP contribution in [0.25, 0.3) is 0 Å². The molecule has 2 fully saturated rings. The fourth-order valence-electron chi connectivity index (χ4n) is 4.77. The summed E-state index contributed by atoms with van der Waals surface area (Å²) in [5.74, 6) is 1.09. The summed E-state index contributed by atoms with van der Waals surface area (Å²) < 4.78 is 0. The van der Waals surface area contributed by atoms with Crippen LogP contribution in [0.4, 0.5) is 5.82 Å². The number of piperidine rings is 2. The Morgan fingerprint density at radius 2 is 2.07 bits per heavy atom. The predicted molar refractivity (Wildman–Crippen MR) is 110 cm³/mol. The van der Waals surface area contributed by atoms with E-state index in [1.54, 1.807) is 6.33 Å². The van der Waals surface area contributed by atoms with Gasteiger partial charge < -0.3 is 14.8 Å². The molecule has 4 heterocycles. The monoisotopic (exact) mass is 392 g/mol. The maximum atomic E-state index is 12.5. The lowest BCUT2D eigenvalue weighted by Gasteiger charge is -2.48. The Morgan fingerprint density at radius 3 is 2.76 bits per heavy atom. The number of pyridine rings is 1. The molecule has 0 aromatic carbocycles. The van der Waals surface area contributed by atoms with Crippen LogP contribution in [0, 0.1) is 30.6 Å². The summed E-state index contributed by atoms with van der Waals surface area (Å²) in [6, 6.07) is 4.31. The number of hydrogen-bond acceptors (Lipinski definition) is 5. The van der Waals surface area contributed by atoms with E-state index < -0.39 is 0 Å². The minimum Gasteiger partial charge on any atom is -0.355 e. The van der Waals surface area contributed by atoms with Crippen LogP contribution < -0.4 is 4.90 Å². The van der Waals surface area contributed by atoms with E-state index in [0.29, 0.717) is 12.0 Å². The Balaban J connectivity index is 1.43. The van der Waals surface area contributed by atoms with Crippen LogP contribution >= 0.6 is 0 Å². The average molecular weight is 393 g/mol. The minimum atomic E-state index is 0.185. The Bertz CT molecular complexity index is 922. The van der Waals surface area contributed by atoms with Crippen LogP contribution in [0.2, 0.25) is 0 Å². The van der Waals surface area contributed by atoms with Crippen molar-refractivity contribution >= 4 is 11.7 Å². The maximum Gasteiger partial charge on any atom is 0.222 e. The smallest absolute Gasteiger partial charge is 0.222 e. The third-order valence-electron chi connectivity index (χ3n) is 6.52. The molecule has 2 aromatic rings. The van der Waals surface area contributed by atoms with E-state index >= 15 is 0 Å². The first-order valence-electron chi connectivity index (χ1n) is 10.4. The molecule has 1 amide bonds. The first-order valence-corrected chi connectivity index (χ1v) is 10.4. The van der Waals surface area contributed by atoms with E-state index in [9.17, 15) is 10.1 Å². The lowest BCUT2D eigenvalue weighted by atomic mass is 9.72. The van der Waals surface area contributed by atoms with Crippen molar-refractivity contribution in [3.8, 4) is 6.07 Å². The van der Waals surface area contributed by atoms with Gasteiger partial charge >= 0.3 is 0 Å². The largest absolute Gasteiger partial charge is 0.355 e. The predicted octanol–water partition coefficient (Wildman–Crippen LogP) is 2.74. The zero-order chi connectivity index (χ0) is 20.4. The van der Waals surface area contributed by atoms with Gasteiger partial charge in [-0.05, 0) is 50.2 Å². The summed E-state index contributed by atoms with van der Waals surface area (Å²) in [7, 11) is 0. The first kappa shape index (κ1) is 19.4. The molecule has 152 valence electrons. The number of nitrogens with one attached hydrogen (secondary N) is 1. The van der Waals surface area contributed by atoms with Crippen molar-refractivity contribution in [1.82, 2.24) is 19.9 Å². The second kappa shape index (κ2) is 7.86. The summed E-state index contributed by atoms with van der Waals surface area (Å²) >= 11 is 0. The number of rotatable bonds is 4. The van der Waals surface area contributed by atoms with Crippen LogP contribution in [0.5, 0.6) is 0 Å². The Labute approximate surface area is 171 Å². The molecule has 2 aromatic heterocycles. The molecule has 0 saturated carbocycles. The van der Waals surface area contributed by atoms with Crippen LogP contribution in [0.15, 0.2) is 18.6 Å². The van der Waals surface area contributed by atoms with Crippen LogP contribution in [0.1, 0.15) is 48.2 Å². The highest BCUT2D eigenvalue weighted by molar-refractivity contribution is 5.77. The molecule has 4 rings (SSSR count). The lowest BCUT2D eigenvalue weighted by Crippen LogP contribution is -2.52. The zero-order valence-corrected chi connectivity index (χ0v) is 17.2. The van der Waals surface area contributed by atoms with Gasteiger partial charge in [-0.25, -0.2) is 9.97 Å². The lowest BCUT2D eigenvalue weighted by molar-refractivity contribution is -0.138. The maximum absolute atomic E-state index is 12.5. The number of likely N-dealkylation sites (tertiary alicyclic amines) is 1. The van der Waals surface area contributed by atoms with Gasteiger partial charge in [0, 0.05) is 56.6 Å². The second-order valence-electron chi connectivity index (χ2n) is 8.52. The van der Waals surface area contributed by atoms with Crippen molar-refractivity contribution in [2.75, 3.05) is 31.1 Å². The molecule has 1 spiro atoms. The molecule has 2 saturated heterocycles. The Hall–Kier alpha value is -2.88. The molecule has 29 heavy (non-hydrogen) atoms. The van der Waals surface area contributed by atoms with Gasteiger partial charge in [0.15, 0.2) is 0 Å². The normalized spacial score (nSPS) is 18.9. The second-order valence-corrected chi connectivity index (χ2v) is 8.52. The molecule has 2 aliphatic rings. The highest BCUT2D eigenvalue weighted by Crippen LogP contribution is 2.41. The van der Waals surface area contributed by atoms with Gasteiger partial charge in [0.05, 0.1) is 11.9 Å². The number of imidazole rings is 1. The van der Waals surface area contributed by atoms with Crippen LogP contribution in [-0.2, 0) is 11.2 Å².